The Balaban J connectivity index is 1.63. The average molecular weight is 278 g/mol. The maximum atomic E-state index is 14.4. The number of hydrogen-bond donors (Lipinski definition) is 1. The SMILES string of the molecule is CNCc1ccnc(N2CCN(CC3CC3)CC2)c1F. The van der Waals surface area contributed by atoms with Gasteiger partial charge in [-0.05, 0) is 31.9 Å². The standard InChI is InChI=1S/C15H23FN4/c1-17-10-13-4-5-18-15(14(13)16)20-8-6-19(7-9-20)11-12-2-3-12/h4-5,12,17H,2-3,6-11H2,1H3. The molecule has 1 aliphatic carbocycles. The Morgan fingerprint density at radius 3 is 2.70 bits per heavy atom. The van der Waals surface area contributed by atoms with E-state index in [1.165, 1.54) is 19.4 Å². The lowest BCUT2D eigenvalue weighted by Crippen LogP contribution is -2.47. The highest BCUT2D eigenvalue weighted by Gasteiger charge is 2.27. The molecule has 2 fully saturated rings. The zero-order valence-electron chi connectivity index (χ0n) is 12.1. The van der Waals surface area contributed by atoms with E-state index in [1.54, 1.807) is 12.3 Å². The van der Waals surface area contributed by atoms with Crippen LogP contribution in [0, 0.1) is 11.7 Å². The van der Waals surface area contributed by atoms with E-state index in [2.05, 4.69) is 20.1 Å². The number of anilines is 1. The van der Waals surface area contributed by atoms with Gasteiger partial charge in [-0.3, -0.25) is 4.90 Å². The van der Waals surface area contributed by atoms with Gasteiger partial charge >= 0.3 is 0 Å². The molecule has 0 bridgehead atoms. The van der Waals surface area contributed by atoms with Gasteiger partial charge in [-0.15, -0.1) is 0 Å². The molecule has 0 atom stereocenters. The smallest absolute Gasteiger partial charge is 0.170 e. The Morgan fingerprint density at radius 1 is 1.30 bits per heavy atom. The minimum atomic E-state index is -0.169. The molecule has 20 heavy (non-hydrogen) atoms. The van der Waals surface area contributed by atoms with E-state index in [0.29, 0.717) is 17.9 Å². The van der Waals surface area contributed by atoms with E-state index >= 15 is 0 Å². The third-order valence-electron chi connectivity index (χ3n) is 4.20. The largest absolute Gasteiger partial charge is 0.352 e. The van der Waals surface area contributed by atoms with E-state index in [4.69, 9.17) is 0 Å². The summed E-state index contributed by atoms with van der Waals surface area (Å²) in [7, 11) is 1.83. The molecule has 1 saturated carbocycles. The normalized spacial score (nSPS) is 20.4. The fourth-order valence-electron chi connectivity index (χ4n) is 2.83. The van der Waals surface area contributed by atoms with Crippen molar-refractivity contribution in [3.63, 3.8) is 0 Å². The highest BCUT2D eigenvalue weighted by atomic mass is 19.1. The molecule has 3 rings (SSSR count). The number of aromatic nitrogens is 1. The Labute approximate surface area is 120 Å². The maximum absolute atomic E-state index is 14.4. The molecule has 4 nitrogen and oxygen atoms in total. The first-order chi connectivity index (χ1) is 9.78. The predicted molar refractivity (Wildman–Crippen MR) is 78.3 cm³/mol. The third kappa shape index (κ3) is 3.10. The molecule has 0 radical (unpaired) electrons. The van der Waals surface area contributed by atoms with Gasteiger partial charge in [-0.1, -0.05) is 0 Å². The van der Waals surface area contributed by atoms with E-state index in [0.717, 1.165) is 32.1 Å². The summed E-state index contributed by atoms with van der Waals surface area (Å²) in [5.41, 5.74) is 0.693. The molecule has 5 heteroatoms. The van der Waals surface area contributed by atoms with E-state index in [9.17, 15) is 4.39 Å². The van der Waals surface area contributed by atoms with Crippen LogP contribution < -0.4 is 10.2 Å². The van der Waals surface area contributed by atoms with Crippen LogP contribution in [0.25, 0.3) is 0 Å². The molecular weight excluding hydrogens is 255 g/mol. The molecule has 1 aliphatic heterocycles. The molecule has 0 amide bonds. The molecule has 0 spiro atoms. The van der Waals surface area contributed by atoms with Crippen molar-refractivity contribution in [2.75, 3.05) is 44.7 Å². The number of rotatable bonds is 5. The Kier molecular flexibility index (Phi) is 4.17. The van der Waals surface area contributed by atoms with Gasteiger partial charge in [0, 0.05) is 51.0 Å². The number of hydrogen-bond acceptors (Lipinski definition) is 4. The average Bonchev–Trinajstić information content (AvgIpc) is 3.27. The first kappa shape index (κ1) is 13.8. The van der Waals surface area contributed by atoms with Crippen molar-refractivity contribution in [1.29, 1.82) is 0 Å². The Morgan fingerprint density at radius 2 is 2.05 bits per heavy atom. The second-order valence-electron chi connectivity index (χ2n) is 5.87. The third-order valence-corrected chi connectivity index (χ3v) is 4.20. The molecule has 2 heterocycles. The van der Waals surface area contributed by atoms with Crippen molar-refractivity contribution in [3.8, 4) is 0 Å². The van der Waals surface area contributed by atoms with Crippen LogP contribution in [0.15, 0.2) is 12.3 Å². The van der Waals surface area contributed by atoms with Gasteiger partial charge in [0.1, 0.15) is 0 Å². The fourth-order valence-corrected chi connectivity index (χ4v) is 2.83. The maximum Gasteiger partial charge on any atom is 0.170 e. The highest BCUT2D eigenvalue weighted by molar-refractivity contribution is 5.43. The fraction of sp³-hybridized carbons (Fsp3) is 0.667. The molecule has 2 aliphatic rings. The second kappa shape index (κ2) is 6.06. The minimum Gasteiger partial charge on any atom is -0.352 e. The van der Waals surface area contributed by atoms with Gasteiger partial charge in [0.05, 0.1) is 0 Å². The molecule has 110 valence electrons. The van der Waals surface area contributed by atoms with Crippen LogP contribution in [0.2, 0.25) is 0 Å². The van der Waals surface area contributed by atoms with Crippen molar-refractivity contribution in [2.45, 2.75) is 19.4 Å². The summed E-state index contributed by atoms with van der Waals surface area (Å²) >= 11 is 0. The number of pyridine rings is 1. The molecule has 1 saturated heterocycles. The lowest BCUT2D eigenvalue weighted by molar-refractivity contribution is 0.247. The lowest BCUT2D eigenvalue weighted by atomic mass is 10.2. The summed E-state index contributed by atoms with van der Waals surface area (Å²) in [6.45, 7) is 5.56. The van der Waals surface area contributed by atoms with Crippen LogP contribution in [-0.4, -0.2) is 49.7 Å². The summed E-state index contributed by atoms with van der Waals surface area (Å²) in [4.78, 5) is 8.83. The van der Waals surface area contributed by atoms with Crippen LogP contribution in [0.3, 0.4) is 0 Å². The Bertz CT molecular complexity index is 453. The summed E-state index contributed by atoms with van der Waals surface area (Å²) in [6.07, 6.45) is 4.49. The van der Waals surface area contributed by atoms with Crippen molar-refractivity contribution in [3.05, 3.63) is 23.6 Å². The zero-order valence-corrected chi connectivity index (χ0v) is 12.1. The number of nitrogens with one attached hydrogen (secondary N) is 1. The van der Waals surface area contributed by atoms with Crippen LogP contribution in [-0.2, 0) is 6.54 Å². The van der Waals surface area contributed by atoms with Crippen molar-refractivity contribution in [2.24, 2.45) is 5.92 Å². The van der Waals surface area contributed by atoms with Gasteiger partial charge in [-0.2, -0.15) is 0 Å². The minimum absolute atomic E-state index is 0.169. The number of piperazine rings is 1. The quantitative estimate of drug-likeness (QED) is 0.884. The van der Waals surface area contributed by atoms with Crippen LogP contribution >= 0.6 is 0 Å². The van der Waals surface area contributed by atoms with E-state index in [1.807, 2.05) is 7.05 Å². The molecule has 0 unspecified atom stereocenters. The van der Waals surface area contributed by atoms with E-state index in [-0.39, 0.29) is 5.82 Å². The van der Waals surface area contributed by atoms with Crippen LogP contribution in [0.1, 0.15) is 18.4 Å². The molecule has 1 N–H and O–H groups in total. The molecular formula is C15H23FN4. The molecule has 1 aromatic rings. The van der Waals surface area contributed by atoms with Crippen molar-refractivity contribution < 1.29 is 4.39 Å². The number of nitrogens with zero attached hydrogens (tertiary/aromatic N) is 3. The monoisotopic (exact) mass is 278 g/mol. The summed E-state index contributed by atoms with van der Waals surface area (Å²) < 4.78 is 14.4. The number of halogens is 1. The second-order valence-corrected chi connectivity index (χ2v) is 5.87. The van der Waals surface area contributed by atoms with Gasteiger partial charge < -0.3 is 10.2 Å². The van der Waals surface area contributed by atoms with Crippen molar-refractivity contribution >= 4 is 5.82 Å². The molecule has 0 aromatic carbocycles. The first-order valence-electron chi connectivity index (χ1n) is 7.53. The lowest BCUT2D eigenvalue weighted by Gasteiger charge is -2.35. The van der Waals surface area contributed by atoms with Gasteiger partial charge in [-0.25, -0.2) is 9.37 Å². The predicted octanol–water partition coefficient (Wildman–Crippen LogP) is 1.47. The van der Waals surface area contributed by atoms with Gasteiger partial charge in [0.25, 0.3) is 0 Å². The van der Waals surface area contributed by atoms with Crippen LogP contribution in [0.4, 0.5) is 10.2 Å². The summed E-state index contributed by atoms with van der Waals surface area (Å²) in [5, 5.41) is 3.00. The zero-order chi connectivity index (χ0) is 13.9. The summed E-state index contributed by atoms with van der Waals surface area (Å²) in [6, 6.07) is 1.75. The summed E-state index contributed by atoms with van der Waals surface area (Å²) in [5.74, 6) is 1.27. The van der Waals surface area contributed by atoms with Crippen molar-refractivity contribution in [1.82, 2.24) is 15.2 Å². The highest BCUT2D eigenvalue weighted by Crippen LogP contribution is 2.30. The van der Waals surface area contributed by atoms with Gasteiger partial charge in [0.2, 0.25) is 0 Å². The topological polar surface area (TPSA) is 31.4 Å². The van der Waals surface area contributed by atoms with Gasteiger partial charge in [0.15, 0.2) is 11.6 Å². The van der Waals surface area contributed by atoms with E-state index < -0.39 is 0 Å². The molecule has 1 aromatic heterocycles. The Hall–Kier alpha value is -1.20. The first-order valence-corrected chi connectivity index (χ1v) is 7.53. The van der Waals surface area contributed by atoms with Crippen LogP contribution in [0.5, 0.6) is 0 Å².